The molecule has 0 saturated carbocycles. The highest BCUT2D eigenvalue weighted by Crippen LogP contribution is 1.96. The van der Waals surface area contributed by atoms with E-state index >= 15 is 0 Å². The fourth-order valence-electron chi connectivity index (χ4n) is 0.504. The molecule has 0 saturated heterocycles. The van der Waals surface area contributed by atoms with Gasteiger partial charge in [-0.3, -0.25) is 4.99 Å². The van der Waals surface area contributed by atoms with Gasteiger partial charge in [-0.15, -0.1) is 0 Å². The molecule has 0 aliphatic heterocycles. The highest BCUT2D eigenvalue weighted by molar-refractivity contribution is 14.1. The molecule has 54 valence electrons. The molecule has 3 heteroatoms. The van der Waals surface area contributed by atoms with Gasteiger partial charge in [-0.1, -0.05) is 6.92 Å². The van der Waals surface area contributed by atoms with Crippen LogP contribution in [0, 0.1) is 0 Å². The molecule has 0 aromatic heterocycles. The van der Waals surface area contributed by atoms with Gasteiger partial charge in [0.15, 0.2) is 0 Å². The number of halogens is 1. The third kappa shape index (κ3) is 6.24. The van der Waals surface area contributed by atoms with Gasteiger partial charge in [-0.25, -0.2) is 3.11 Å². The number of rotatable bonds is 4. The molecule has 0 spiro atoms. The summed E-state index contributed by atoms with van der Waals surface area (Å²) in [6.45, 7) is 4.28. The molecule has 0 N–H and O–H groups in total. The lowest BCUT2D eigenvalue weighted by Gasteiger charge is -2.07. The van der Waals surface area contributed by atoms with Crippen LogP contribution in [0.2, 0.25) is 0 Å². The van der Waals surface area contributed by atoms with Crippen LogP contribution < -0.4 is 0 Å². The van der Waals surface area contributed by atoms with Gasteiger partial charge < -0.3 is 0 Å². The van der Waals surface area contributed by atoms with Crippen LogP contribution in [-0.4, -0.2) is 29.5 Å². The predicted molar refractivity (Wildman–Crippen MR) is 50.3 cm³/mol. The number of nitrogens with zero attached hydrogens (tertiary/aromatic N) is 2. The minimum Gasteiger partial charge on any atom is -0.299 e. The van der Waals surface area contributed by atoms with Gasteiger partial charge in [0.25, 0.3) is 0 Å². The smallest absolute Gasteiger partial charge is 0.0431 e. The molecule has 0 aromatic rings. The largest absolute Gasteiger partial charge is 0.299 e. The Morgan fingerprint density at radius 1 is 1.67 bits per heavy atom. The Kier molecular flexibility index (Phi) is 6.74. The Hall–Kier alpha value is 0.360. The Morgan fingerprint density at radius 3 is 2.78 bits per heavy atom. The standard InChI is InChI=1S/C6H13IN2/c1-3-5-9(7)6-4-8-2/h4H,3,5-6H2,1-2H3/b8-4+. The molecule has 0 bridgehead atoms. The molecule has 0 radical (unpaired) electrons. The number of hydrogen-bond donors (Lipinski definition) is 0. The molecule has 0 atom stereocenters. The zero-order chi connectivity index (χ0) is 7.11. The summed E-state index contributed by atoms with van der Waals surface area (Å²) in [7, 11) is 1.80. The van der Waals surface area contributed by atoms with E-state index in [0.717, 1.165) is 13.1 Å². The van der Waals surface area contributed by atoms with Crippen molar-refractivity contribution in [1.82, 2.24) is 3.11 Å². The van der Waals surface area contributed by atoms with E-state index < -0.39 is 0 Å². The summed E-state index contributed by atoms with van der Waals surface area (Å²) in [6.07, 6.45) is 3.13. The molecular weight excluding hydrogens is 227 g/mol. The molecule has 0 fully saturated rings. The molecule has 0 aromatic carbocycles. The van der Waals surface area contributed by atoms with E-state index in [4.69, 9.17) is 0 Å². The van der Waals surface area contributed by atoms with Crippen LogP contribution >= 0.6 is 22.9 Å². The van der Waals surface area contributed by atoms with Crippen LogP contribution in [0.4, 0.5) is 0 Å². The summed E-state index contributed by atoms with van der Waals surface area (Å²) in [4.78, 5) is 3.89. The lowest BCUT2D eigenvalue weighted by molar-refractivity contribution is 0.571. The first-order chi connectivity index (χ1) is 4.31. The lowest BCUT2D eigenvalue weighted by atomic mass is 10.5. The average molecular weight is 240 g/mol. The summed E-state index contributed by atoms with van der Waals surface area (Å²) in [5.41, 5.74) is 0. The van der Waals surface area contributed by atoms with E-state index in [1.54, 1.807) is 7.05 Å². The van der Waals surface area contributed by atoms with E-state index in [1.165, 1.54) is 6.42 Å². The third-order valence-corrected chi connectivity index (χ3v) is 1.80. The SMILES string of the molecule is CCCN(I)C/C=N/C. The maximum atomic E-state index is 3.89. The van der Waals surface area contributed by atoms with E-state index in [1.807, 2.05) is 6.21 Å². The summed E-state index contributed by atoms with van der Waals surface area (Å²) in [5.74, 6) is 0. The van der Waals surface area contributed by atoms with Crippen LogP contribution in [0.25, 0.3) is 0 Å². The molecule has 2 nitrogen and oxygen atoms in total. The van der Waals surface area contributed by atoms with Crippen molar-refractivity contribution in [2.24, 2.45) is 4.99 Å². The van der Waals surface area contributed by atoms with Gasteiger partial charge in [0, 0.05) is 49.2 Å². The van der Waals surface area contributed by atoms with Gasteiger partial charge in [-0.2, -0.15) is 0 Å². The van der Waals surface area contributed by atoms with Crippen LogP contribution in [0.5, 0.6) is 0 Å². The zero-order valence-corrected chi connectivity index (χ0v) is 8.13. The molecule has 0 amide bonds. The maximum absolute atomic E-state index is 3.89. The van der Waals surface area contributed by atoms with Crippen LogP contribution in [-0.2, 0) is 0 Å². The first kappa shape index (κ1) is 9.36. The van der Waals surface area contributed by atoms with Gasteiger partial charge in [0.1, 0.15) is 0 Å². The molecular formula is C6H13IN2. The molecule has 9 heavy (non-hydrogen) atoms. The van der Waals surface area contributed by atoms with E-state index in [9.17, 15) is 0 Å². The van der Waals surface area contributed by atoms with Crippen molar-refractivity contribution in [3.63, 3.8) is 0 Å². The van der Waals surface area contributed by atoms with Gasteiger partial charge in [-0.05, 0) is 6.42 Å². The van der Waals surface area contributed by atoms with Gasteiger partial charge in [0.2, 0.25) is 0 Å². The third-order valence-electron chi connectivity index (χ3n) is 0.929. The second kappa shape index (κ2) is 6.48. The molecule has 0 aliphatic carbocycles. The summed E-state index contributed by atoms with van der Waals surface area (Å²) < 4.78 is 2.21. The highest BCUT2D eigenvalue weighted by atomic mass is 127. The highest BCUT2D eigenvalue weighted by Gasteiger charge is 1.92. The van der Waals surface area contributed by atoms with Crippen molar-refractivity contribution in [3.05, 3.63) is 0 Å². The van der Waals surface area contributed by atoms with Crippen LogP contribution in [0.3, 0.4) is 0 Å². The Morgan fingerprint density at radius 2 is 2.33 bits per heavy atom. The lowest BCUT2D eigenvalue weighted by Crippen LogP contribution is -2.14. The first-order valence-corrected chi connectivity index (χ1v) is 4.09. The topological polar surface area (TPSA) is 15.6 Å². The van der Waals surface area contributed by atoms with E-state index in [0.29, 0.717) is 0 Å². The van der Waals surface area contributed by atoms with E-state index in [-0.39, 0.29) is 0 Å². The monoisotopic (exact) mass is 240 g/mol. The van der Waals surface area contributed by atoms with E-state index in [2.05, 4.69) is 37.9 Å². The second-order valence-electron chi connectivity index (χ2n) is 1.81. The van der Waals surface area contributed by atoms with Crippen molar-refractivity contribution < 1.29 is 0 Å². The van der Waals surface area contributed by atoms with Gasteiger partial charge in [0.05, 0.1) is 0 Å². The van der Waals surface area contributed by atoms with Gasteiger partial charge >= 0.3 is 0 Å². The Labute approximate surface area is 70.8 Å². The molecule has 0 heterocycles. The van der Waals surface area contributed by atoms with Crippen molar-refractivity contribution in [2.45, 2.75) is 13.3 Å². The van der Waals surface area contributed by atoms with Crippen LogP contribution in [0.15, 0.2) is 4.99 Å². The summed E-state index contributed by atoms with van der Waals surface area (Å²) in [5, 5.41) is 0. The molecule has 0 rings (SSSR count). The Balaban J connectivity index is 3.15. The maximum Gasteiger partial charge on any atom is 0.0431 e. The molecule has 0 unspecified atom stereocenters. The summed E-state index contributed by atoms with van der Waals surface area (Å²) in [6, 6.07) is 0. The number of hydrogen-bond acceptors (Lipinski definition) is 2. The summed E-state index contributed by atoms with van der Waals surface area (Å²) >= 11 is 2.31. The van der Waals surface area contributed by atoms with Crippen molar-refractivity contribution >= 4 is 29.1 Å². The number of aliphatic imine (C=N–C) groups is 1. The fraction of sp³-hybridized carbons (Fsp3) is 0.833. The van der Waals surface area contributed by atoms with Crippen LogP contribution in [0.1, 0.15) is 13.3 Å². The first-order valence-electron chi connectivity index (χ1n) is 3.12. The van der Waals surface area contributed by atoms with Crippen molar-refractivity contribution in [3.8, 4) is 0 Å². The predicted octanol–water partition coefficient (Wildman–Crippen LogP) is 1.75. The molecule has 0 aliphatic rings. The van der Waals surface area contributed by atoms with Crippen molar-refractivity contribution in [1.29, 1.82) is 0 Å². The zero-order valence-electron chi connectivity index (χ0n) is 5.97. The average Bonchev–Trinajstić information content (AvgIpc) is 1.85. The normalized spacial score (nSPS) is 11.6. The van der Waals surface area contributed by atoms with Crippen molar-refractivity contribution in [2.75, 3.05) is 20.1 Å². The minimum absolute atomic E-state index is 0.963. The quantitative estimate of drug-likeness (QED) is 0.415. The Bertz CT molecular complexity index is 83.1. The fourth-order valence-corrected chi connectivity index (χ4v) is 1.16. The second-order valence-corrected chi connectivity index (χ2v) is 3.17. The minimum atomic E-state index is 0.963.